The third-order valence-electron chi connectivity index (χ3n) is 7.51. The van der Waals surface area contributed by atoms with Crippen molar-refractivity contribution in [2.45, 2.75) is 13.8 Å². The molecule has 0 fully saturated rings. The SMILES string of the molecule is C/C=C\c1c(C)oc2c(-c3c4ccccc4c(-c4ccc5ccccc5c4)c4ccccc34)cccc12. The zero-order valence-electron chi connectivity index (χ0n) is 21.0. The Morgan fingerprint density at radius 1 is 0.568 bits per heavy atom. The Bertz CT molecular complexity index is 1940. The van der Waals surface area contributed by atoms with Gasteiger partial charge in [-0.1, -0.05) is 115 Å². The molecular formula is C36H26O. The molecule has 0 spiro atoms. The fourth-order valence-corrected chi connectivity index (χ4v) is 5.90. The van der Waals surface area contributed by atoms with Crippen LogP contribution in [0.4, 0.5) is 0 Å². The van der Waals surface area contributed by atoms with Crippen LogP contribution in [-0.2, 0) is 0 Å². The van der Waals surface area contributed by atoms with Gasteiger partial charge in [0.05, 0.1) is 0 Å². The van der Waals surface area contributed by atoms with Crippen molar-refractivity contribution in [1.29, 1.82) is 0 Å². The van der Waals surface area contributed by atoms with E-state index >= 15 is 0 Å². The standard InChI is InChI=1S/C36H26O/c1-3-11-27-23(2)37-36-32(27)18-10-19-33(36)35-30-16-8-6-14-28(30)34(29-15-7-9-17-31(29)35)26-21-20-24-12-4-5-13-25(24)22-26/h3-22H,1-2H3/b11-3-. The van der Waals surface area contributed by atoms with Crippen molar-refractivity contribution in [2.75, 3.05) is 0 Å². The molecule has 0 saturated carbocycles. The Morgan fingerprint density at radius 3 is 1.84 bits per heavy atom. The van der Waals surface area contributed by atoms with Gasteiger partial charge >= 0.3 is 0 Å². The zero-order valence-corrected chi connectivity index (χ0v) is 21.0. The molecule has 0 bridgehead atoms. The molecule has 6 aromatic carbocycles. The van der Waals surface area contributed by atoms with E-state index in [2.05, 4.69) is 135 Å². The molecule has 1 nitrogen and oxygen atoms in total. The second kappa shape index (κ2) is 8.50. The topological polar surface area (TPSA) is 13.1 Å². The van der Waals surface area contributed by atoms with Crippen molar-refractivity contribution in [1.82, 2.24) is 0 Å². The van der Waals surface area contributed by atoms with Gasteiger partial charge in [0.25, 0.3) is 0 Å². The van der Waals surface area contributed by atoms with Crippen LogP contribution in [0.2, 0.25) is 0 Å². The fourth-order valence-electron chi connectivity index (χ4n) is 5.90. The summed E-state index contributed by atoms with van der Waals surface area (Å²) in [6.07, 6.45) is 4.22. The summed E-state index contributed by atoms with van der Waals surface area (Å²) in [7, 11) is 0. The van der Waals surface area contributed by atoms with Gasteiger partial charge in [0.1, 0.15) is 11.3 Å². The van der Waals surface area contributed by atoms with Gasteiger partial charge < -0.3 is 4.42 Å². The number of aryl methyl sites for hydroxylation is 1. The number of benzene rings is 6. The van der Waals surface area contributed by atoms with Gasteiger partial charge in [-0.05, 0) is 63.4 Å². The Balaban J connectivity index is 1.62. The first-order valence-corrected chi connectivity index (χ1v) is 12.8. The molecule has 7 aromatic rings. The summed E-state index contributed by atoms with van der Waals surface area (Å²) in [5.41, 5.74) is 6.97. The summed E-state index contributed by atoms with van der Waals surface area (Å²) in [6.45, 7) is 4.10. The van der Waals surface area contributed by atoms with Crippen molar-refractivity contribution in [2.24, 2.45) is 0 Å². The Labute approximate surface area is 216 Å². The average Bonchev–Trinajstić information content (AvgIpc) is 3.26. The lowest BCUT2D eigenvalue weighted by atomic mass is 9.85. The second-order valence-electron chi connectivity index (χ2n) is 9.66. The monoisotopic (exact) mass is 474 g/mol. The van der Waals surface area contributed by atoms with Gasteiger partial charge in [-0.3, -0.25) is 0 Å². The quantitative estimate of drug-likeness (QED) is 0.232. The summed E-state index contributed by atoms with van der Waals surface area (Å²) in [4.78, 5) is 0. The highest BCUT2D eigenvalue weighted by Crippen LogP contribution is 2.46. The molecule has 7 rings (SSSR count). The van der Waals surface area contributed by atoms with Crippen LogP contribution in [-0.4, -0.2) is 0 Å². The second-order valence-corrected chi connectivity index (χ2v) is 9.66. The number of fused-ring (bicyclic) bond motifs is 4. The lowest BCUT2D eigenvalue weighted by Gasteiger charge is -2.18. The minimum absolute atomic E-state index is 0.946. The first-order valence-electron chi connectivity index (χ1n) is 12.8. The van der Waals surface area contributed by atoms with Crippen molar-refractivity contribution in [3.63, 3.8) is 0 Å². The predicted octanol–water partition coefficient (Wildman–Crippen LogP) is 10.6. The number of hydrogen-bond donors (Lipinski definition) is 0. The lowest BCUT2D eigenvalue weighted by molar-refractivity contribution is 0.578. The third-order valence-corrected chi connectivity index (χ3v) is 7.51. The van der Waals surface area contributed by atoms with E-state index in [1.165, 1.54) is 49.0 Å². The van der Waals surface area contributed by atoms with E-state index in [0.717, 1.165) is 27.9 Å². The molecule has 0 atom stereocenters. The molecule has 1 heterocycles. The van der Waals surface area contributed by atoms with Crippen molar-refractivity contribution >= 4 is 49.4 Å². The molecule has 0 saturated heterocycles. The summed E-state index contributed by atoms with van der Waals surface area (Å²) in [5.74, 6) is 0.946. The molecule has 0 radical (unpaired) electrons. The van der Waals surface area contributed by atoms with Crippen LogP contribution >= 0.6 is 0 Å². The van der Waals surface area contributed by atoms with E-state index in [9.17, 15) is 0 Å². The molecule has 0 unspecified atom stereocenters. The number of furan rings is 1. The Kier molecular flexibility index (Phi) is 4.97. The zero-order chi connectivity index (χ0) is 24.9. The molecule has 0 aliphatic carbocycles. The molecule has 37 heavy (non-hydrogen) atoms. The van der Waals surface area contributed by atoms with Crippen LogP contribution in [0.1, 0.15) is 18.2 Å². The van der Waals surface area contributed by atoms with Crippen LogP contribution in [0.25, 0.3) is 71.6 Å². The van der Waals surface area contributed by atoms with E-state index in [0.29, 0.717) is 0 Å². The highest BCUT2D eigenvalue weighted by Gasteiger charge is 2.20. The van der Waals surface area contributed by atoms with Gasteiger partial charge in [0.2, 0.25) is 0 Å². The number of rotatable bonds is 3. The van der Waals surface area contributed by atoms with Crippen molar-refractivity contribution in [3.05, 3.63) is 127 Å². The van der Waals surface area contributed by atoms with Gasteiger partial charge in [0, 0.05) is 22.1 Å². The molecule has 176 valence electrons. The van der Waals surface area contributed by atoms with E-state index < -0.39 is 0 Å². The average molecular weight is 475 g/mol. The molecule has 0 aliphatic rings. The van der Waals surface area contributed by atoms with Crippen LogP contribution in [0.3, 0.4) is 0 Å². The van der Waals surface area contributed by atoms with Crippen LogP contribution in [0, 0.1) is 6.92 Å². The van der Waals surface area contributed by atoms with Gasteiger partial charge in [0.15, 0.2) is 0 Å². The summed E-state index contributed by atoms with van der Waals surface area (Å²) in [6, 6.07) is 39.5. The largest absolute Gasteiger partial charge is 0.460 e. The van der Waals surface area contributed by atoms with Crippen LogP contribution in [0.15, 0.2) is 120 Å². The first-order chi connectivity index (χ1) is 18.2. The summed E-state index contributed by atoms with van der Waals surface area (Å²) < 4.78 is 6.45. The maximum Gasteiger partial charge on any atom is 0.142 e. The predicted molar refractivity (Wildman–Crippen MR) is 159 cm³/mol. The molecule has 0 aliphatic heterocycles. The van der Waals surface area contributed by atoms with Gasteiger partial charge in [-0.15, -0.1) is 0 Å². The molecule has 1 heteroatoms. The molecule has 0 N–H and O–H groups in total. The number of allylic oxidation sites excluding steroid dienone is 1. The Hall–Kier alpha value is -4.62. The summed E-state index contributed by atoms with van der Waals surface area (Å²) >= 11 is 0. The minimum Gasteiger partial charge on any atom is -0.460 e. The van der Waals surface area contributed by atoms with Crippen LogP contribution in [0.5, 0.6) is 0 Å². The molecule has 0 amide bonds. The van der Waals surface area contributed by atoms with Gasteiger partial charge in [-0.2, -0.15) is 0 Å². The van der Waals surface area contributed by atoms with E-state index in [4.69, 9.17) is 4.42 Å². The number of para-hydroxylation sites is 1. The van der Waals surface area contributed by atoms with Crippen LogP contribution < -0.4 is 0 Å². The molecular weight excluding hydrogens is 448 g/mol. The normalized spacial score (nSPS) is 11.9. The minimum atomic E-state index is 0.946. The number of hydrogen-bond acceptors (Lipinski definition) is 1. The fraction of sp³-hybridized carbons (Fsp3) is 0.0556. The first kappa shape index (κ1) is 21.6. The maximum absolute atomic E-state index is 6.45. The highest BCUT2D eigenvalue weighted by molar-refractivity contribution is 6.23. The van der Waals surface area contributed by atoms with E-state index in [1.54, 1.807) is 0 Å². The highest BCUT2D eigenvalue weighted by atomic mass is 16.3. The van der Waals surface area contributed by atoms with E-state index in [-0.39, 0.29) is 0 Å². The van der Waals surface area contributed by atoms with E-state index in [1.807, 2.05) is 0 Å². The molecule has 1 aromatic heterocycles. The third kappa shape index (κ3) is 3.32. The van der Waals surface area contributed by atoms with Crippen molar-refractivity contribution < 1.29 is 4.42 Å². The Morgan fingerprint density at radius 2 is 1.16 bits per heavy atom. The van der Waals surface area contributed by atoms with Gasteiger partial charge in [-0.25, -0.2) is 0 Å². The smallest absolute Gasteiger partial charge is 0.142 e. The summed E-state index contributed by atoms with van der Waals surface area (Å²) in [5, 5.41) is 8.63. The lowest BCUT2D eigenvalue weighted by Crippen LogP contribution is -1.91. The maximum atomic E-state index is 6.45. The van der Waals surface area contributed by atoms with Crippen molar-refractivity contribution in [3.8, 4) is 22.3 Å².